The number of aromatic nitrogens is 2. The van der Waals surface area contributed by atoms with Crippen LogP contribution in [0.4, 0.5) is 0 Å². The standard InChI is InChI=1S/C8H13N3O/c1-8(2,3)11-7(12)6-9-4-5-10-6/h4-5H,1-3H3,(H,9,10)(H,11,12). The SMILES string of the molecule is CC(C)(C)NC(=O)c1ncc[nH]1. The van der Waals surface area contributed by atoms with Gasteiger partial charge in [0.2, 0.25) is 0 Å². The number of nitrogens with zero attached hydrogens (tertiary/aromatic N) is 1. The Balaban J connectivity index is 2.63. The van der Waals surface area contributed by atoms with Crippen LogP contribution in [0, 0.1) is 0 Å². The number of amides is 1. The highest BCUT2D eigenvalue weighted by molar-refractivity contribution is 5.90. The summed E-state index contributed by atoms with van der Waals surface area (Å²) in [6.45, 7) is 5.77. The first-order valence-corrected chi connectivity index (χ1v) is 3.81. The van der Waals surface area contributed by atoms with Crippen molar-refractivity contribution in [1.82, 2.24) is 15.3 Å². The second kappa shape index (κ2) is 2.97. The fourth-order valence-corrected chi connectivity index (χ4v) is 0.789. The zero-order chi connectivity index (χ0) is 9.19. The first-order chi connectivity index (χ1) is 5.49. The first-order valence-electron chi connectivity index (χ1n) is 3.81. The van der Waals surface area contributed by atoms with Gasteiger partial charge >= 0.3 is 0 Å². The van der Waals surface area contributed by atoms with E-state index in [4.69, 9.17) is 0 Å². The lowest BCUT2D eigenvalue weighted by Crippen LogP contribution is -2.41. The molecule has 0 saturated carbocycles. The Morgan fingerprint density at radius 2 is 2.25 bits per heavy atom. The number of carbonyl (C=O) groups is 1. The van der Waals surface area contributed by atoms with Gasteiger partial charge in [0.25, 0.3) is 5.91 Å². The summed E-state index contributed by atoms with van der Waals surface area (Å²) in [7, 11) is 0. The largest absolute Gasteiger partial charge is 0.345 e. The quantitative estimate of drug-likeness (QED) is 0.654. The molecule has 1 rings (SSSR count). The van der Waals surface area contributed by atoms with Crippen molar-refractivity contribution in [3.05, 3.63) is 18.2 Å². The van der Waals surface area contributed by atoms with Crippen LogP contribution in [-0.2, 0) is 0 Å². The van der Waals surface area contributed by atoms with Crippen LogP contribution in [0.5, 0.6) is 0 Å². The molecule has 0 aliphatic heterocycles. The Bertz CT molecular complexity index is 258. The minimum atomic E-state index is -0.218. The number of hydrogen-bond donors (Lipinski definition) is 2. The number of imidazole rings is 1. The fourth-order valence-electron chi connectivity index (χ4n) is 0.789. The van der Waals surface area contributed by atoms with E-state index in [0.717, 1.165) is 0 Å². The van der Waals surface area contributed by atoms with Crippen molar-refractivity contribution in [3.63, 3.8) is 0 Å². The molecule has 1 aromatic rings. The van der Waals surface area contributed by atoms with Crippen LogP contribution < -0.4 is 5.32 Å². The van der Waals surface area contributed by atoms with Gasteiger partial charge in [-0.25, -0.2) is 4.98 Å². The second-order valence-electron chi connectivity index (χ2n) is 3.64. The average molecular weight is 167 g/mol. The molecule has 0 bridgehead atoms. The molecule has 0 unspecified atom stereocenters. The van der Waals surface area contributed by atoms with Crippen LogP contribution in [0.1, 0.15) is 31.4 Å². The topological polar surface area (TPSA) is 57.8 Å². The van der Waals surface area contributed by atoms with Crippen LogP contribution in [0.3, 0.4) is 0 Å². The molecule has 0 aliphatic rings. The van der Waals surface area contributed by atoms with Crippen LogP contribution in [0.2, 0.25) is 0 Å². The van der Waals surface area contributed by atoms with E-state index in [2.05, 4.69) is 15.3 Å². The summed E-state index contributed by atoms with van der Waals surface area (Å²) in [5.74, 6) is 0.178. The zero-order valence-corrected chi connectivity index (χ0v) is 7.51. The molecule has 1 amide bonds. The highest BCUT2D eigenvalue weighted by Gasteiger charge is 2.16. The van der Waals surface area contributed by atoms with Crippen molar-refractivity contribution >= 4 is 5.91 Å². The van der Waals surface area contributed by atoms with Gasteiger partial charge in [-0.3, -0.25) is 4.79 Å². The number of H-pyrrole nitrogens is 1. The maximum absolute atomic E-state index is 11.3. The van der Waals surface area contributed by atoms with Crippen LogP contribution in [0.25, 0.3) is 0 Å². The van der Waals surface area contributed by atoms with Gasteiger partial charge in [0.1, 0.15) is 0 Å². The van der Waals surface area contributed by atoms with E-state index < -0.39 is 0 Å². The molecule has 0 fully saturated rings. The number of aromatic amines is 1. The molecule has 2 N–H and O–H groups in total. The molecule has 0 atom stereocenters. The van der Waals surface area contributed by atoms with E-state index in [1.807, 2.05) is 20.8 Å². The molecular formula is C8H13N3O. The van der Waals surface area contributed by atoms with Gasteiger partial charge in [-0.15, -0.1) is 0 Å². The molecule has 0 radical (unpaired) electrons. The Hall–Kier alpha value is -1.32. The van der Waals surface area contributed by atoms with Crippen LogP contribution in [-0.4, -0.2) is 21.4 Å². The third kappa shape index (κ3) is 2.38. The summed E-state index contributed by atoms with van der Waals surface area (Å²) in [6, 6.07) is 0. The summed E-state index contributed by atoms with van der Waals surface area (Å²) in [6.07, 6.45) is 3.18. The third-order valence-electron chi connectivity index (χ3n) is 1.20. The predicted octanol–water partition coefficient (Wildman–Crippen LogP) is 0.938. The first kappa shape index (κ1) is 8.77. The summed E-state index contributed by atoms with van der Waals surface area (Å²) >= 11 is 0. The van der Waals surface area contributed by atoms with Gasteiger partial charge < -0.3 is 10.3 Å². The van der Waals surface area contributed by atoms with Crippen LogP contribution >= 0.6 is 0 Å². The van der Waals surface area contributed by atoms with Crippen molar-refractivity contribution in [2.24, 2.45) is 0 Å². The fraction of sp³-hybridized carbons (Fsp3) is 0.500. The van der Waals surface area contributed by atoms with E-state index in [1.165, 1.54) is 0 Å². The van der Waals surface area contributed by atoms with E-state index in [1.54, 1.807) is 12.4 Å². The van der Waals surface area contributed by atoms with Gasteiger partial charge in [-0.2, -0.15) is 0 Å². The smallest absolute Gasteiger partial charge is 0.287 e. The van der Waals surface area contributed by atoms with Crippen molar-refractivity contribution < 1.29 is 4.79 Å². The summed E-state index contributed by atoms with van der Waals surface area (Å²) in [5.41, 5.74) is -0.218. The van der Waals surface area contributed by atoms with Gasteiger partial charge in [0.15, 0.2) is 5.82 Å². The Morgan fingerprint density at radius 1 is 1.58 bits per heavy atom. The molecule has 0 saturated heterocycles. The molecule has 1 heterocycles. The van der Waals surface area contributed by atoms with Crippen molar-refractivity contribution in [2.45, 2.75) is 26.3 Å². The van der Waals surface area contributed by atoms with Crippen molar-refractivity contribution in [2.75, 3.05) is 0 Å². The zero-order valence-electron chi connectivity index (χ0n) is 7.51. The highest BCUT2D eigenvalue weighted by atomic mass is 16.2. The van der Waals surface area contributed by atoms with E-state index >= 15 is 0 Å². The Kier molecular flexibility index (Phi) is 2.17. The van der Waals surface area contributed by atoms with Crippen LogP contribution in [0.15, 0.2) is 12.4 Å². The maximum Gasteiger partial charge on any atom is 0.287 e. The lowest BCUT2D eigenvalue weighted by Gasteiger charge is -2.19. The Labute approximate surface area is 71.4 Å². The monoisotopic (exact) mass is 167 g/mol. The maximum atomic E-state index is 11.3. The number of nitrogens with one attached hydrogen (secondary N) is 2. The van der Waals surface area contributed by atoms with Crippen molar-refractivity contribution in [1.29, 1.82) is 0 Å². The summed E-state index contributed by atoms with van der Waals surface area (Å²) in [4.78, 5) is 17.9. The number of hydrogen-bond acceptors (Lipinski definition) is 2. The normalized spacial score (nSPS) is 11.2. The van der Waals surface area contributed by atoms with Crippen molar-refractivity contribution in [3.8, 4) is 0 Å². The number of rotatable bonds is 1. The predicted molar refractivity (Wildman–Crippen MR) is 45.8 cm³/mol. The van der Waals surface area contributed by atoms with Gasteiger partial charge in [-0.05, 0) is 20.8 Å². The summed E-state index contributed by atoms with van der Waals surface area (Å²) in [5, 5.41) is 2.79. The molecule has 0 aliphatic carbocycles. The Morgan fingerprint density at radius 3 is 2.67 bits per heavy atom. The molecule has 0 aromatic carbocycles. The molecule has 4 heteroatoms. The molecule has 1 aromatic heterocycles. The molecule has 66 valence electrons. The van der Waals surface area contributed by atoms with Gasteiger partial charge in [-0.1, -0.05) is 0 Å². The highest BCUT2D eigenvalue weighted by Crippen LogP contribution is 2.00. The molecular weight excluding hydrogens is 154 g/mol. The molecule has 4 nitrogen and oxygen atoms in total. The lowest BCUT2D eigenvalue weighted by molar-refractivity contribution is 0.0910. The van der Waals surface area contributed by atoms with Gasteiger partial charge in [0, 0.05) is 17.9 Å². The second-order valence-corrected chi connectivity index (χ2v) is 3.64. The number of carbonyl (C=O) groups excluding carboxylic acids is 1. The lowest BCUT2D eigenvalue weighted by atomic mass is 10.1. The molecule has 0 spiro atoms. The minimum absolute atomic E-state index is 0.174. The average Bonchev–Trinajstić information content (AvgIpc) is 2.32. The van der Waals surface area contributed by atoms with E-state index in [9.17, 15) is 4.79 Å². The minimum Gasteiger partial charge on any atom is -0.345 e. The third-order valence-corrected chi connectivity index (χ3v) is 1.20. The van der Waals surface area contributed by atoms with Gasteiger partial charge in [0.05, 0.1) is 0 Å². The summed E-state index contributed by atoms with van der Waals surface area (Å²) < 4.78 is 0. The molecule has 12 heavy (non-hydrogen) atoms. The van der Waals surface area contributed by atoms with E-state index in [-0.39, 0.29) is 11.4 Å². The van der Waals surface area contributed by atoms with E-state index in [0.29, 0.717) is 5.82 Å².